The van der Waals surface area contributed by atoms with Crippen LogP contribution in [0.25, 0.3) is 0 Å². The number of carbonyl (C=O) groups excluding carboxylic acids is 2. The van der Waals surface area contributed by atoms with Crippen molar-refractivity contribution < 1.29 is 24.5 Å². The van der Waals surface area contributed by atoms with Crippen LogP contribution in [-0.4, -0.2) is 46.9 Å². The second kappa shape index (κ2) is 53.6. The van der Waals surface area contributed by atoms with Crippen LogP contribution >= 0.6 is 0 Å². The van der Waals surface area contributed by atoms with Crippen molar-refractivity contribution >= 4 is 11.9 Å². The van der Waals surface area contributed by atoms with E-state index in [0.29, 0.717) is 19.3 Å². The number of rotatable bonds is 54. The van der Waals surface area contributed by atoms with E-state index in [9.17, 15) is 19.8 Å². The maximum absolute atomic E-state index is 13.3. The number of allylic oxidation sites excluding steroid dienone is 2. The van der Waals surface area contributed by atoms with E-state index >= 15 is 0 Å². The highest BCUT2D eigenvalue weighted by Gasteiger charge is 2.24. The second-order valence-electron chi connectivity index (χ2n) is 20.4. The van der Waals surface area contributed by atoms with Gasteiger partial charge in [-0.1, -0.05) is 277 Å². The van der Waals surface area contributed by atoms with E-state index in [1.165, 1.54) is 238 Å². The third kappa shape index (κ3) is 48.9. The fraction of sp³-hybridized carbons (Fsp3) is 0.932. The Morgan fingerprint density at radius 3 is 1.09 bits per heavy atom. The van der Waals surface area contributed by atoms with Crippen molar-refractivity contribution in [3.63, 3.8) is 0 Å². The average molecular weight is 919 g/mol. The molecule has 3 atom stereocenters. The molecule has 65 heavy (non-hydrogen) atoms. The summed E-state index contributed by atoms with van der Waals surface area (Å²) < 4.78 is 5.97. The quantitative estimate of drug-likeness (QED) is 0.0321. The Balaban J connectivity index is 4.51. The van der Waals surface area contributed by atoms with Crippen LogP contribution in [-0.2, 0) is 14.3 Å². The largest absolute Gasteiger partial charge is 0.462 e. The number of aliphatic hydroxyl groups excluding tert-OH is 2. The molecule has 0 spiro atoms. The molecule has 6 heteroatoms. The van der Waals surface area contributed by atoms with Crippen LogP contribution in [0.1, 0.15) is 329 Å². The number of esters is 1. The first kappa shape index (κ1) is 63.6. The van der Waals surface area contributed by atoms with Crippen LogP contribution in [0.4, 0.5) is 0 Å². The molecule has 0 aromatic rings. The lowest BCUT2D eigenvalue weighted by molar-refractivity contribution is -0.151. The van der Waals surface area contributed by atoms with E-state index in [0.717, 1.165) is 44.9 Å². The van der Waals surface area contributed by atoms with Crippen molar-refractivity contribution in [3.05, 3.63) is 12.2 Å². The first-order valence-electron chi connectivity index (χ1n) is 29.4. The third-order valence-electron chi connectivity index (χ3n) is 13.8. The minimum Gasteiger partial charge on any atom is -0.462 e. The molecule has 386 valence electrons. The lowest BCUT2D eigenvalue weighted by atomic mass is 10.0. The Hall–Kier alpha value is -1.40. The van der Waals surface area contributed by atoms with E-state index < -0.39 is 18.2 Å². The van der Waals surface area contributed by atoms with Gasteiger partial charge in [-0.3, -0.25) is 9.59 Å². The van der Waals surface area contributed by atoms with Gasteiger partial charge in [0.05, 0.1) is 25.2 Å². The van der Waals surface area contributed by atoms with Crippen LogP contribution in [0.3, 0.4) is 0 Å². The van der Waals surface area contributed by atoms with Crippen LogP contribution in [0.5, 0.6) is 0 Å². The van der Waals surface area contributed by atoms with Crippen LogP contribution < -0.4 is 5.32 Å². The smallest absolute Gasteiger partial charge is 0.306 e. The summed E-state index contributed by atoms with van der Waals surface area (Å²) in [5, 5.41) is 23.9. The number of hydrogen-bond acceptors (Lipinski definition) is 5. The summed E-state index contributed by atoms with van der Waals surface area (Å²) in [5.74, 6) is -0.455. The lowest BCUT2D eigenvalue weighted by Gasteiger charge is -2.24. The van der Waals surface area contributed by atoms with Crippen molar-refractivity contribution in [1.82, 2.24) is 5.32 Å². The number of carbonyl (C=O) groups is 2. The van der Waals surface area contributed by atoms with E-state index in [4.69, 9.17) is 4.74 Å². The molecule has 0 fully saturated rings. The number of aliphatic hydroxyl groups is 2. The summed E-state index contributed by atoms with van der Waals surface area (Å²) in [6.45, 7) is 6.52. The predicted molar refractivity (Wildman–Crippen MR) is 283 cm³/mol. The zero-order valence-electron chi connectivity index (χ0n) is 44.2. The summed E-state index contributed by atoms with van der Waals surface area (Å²) in [7, 11) is 0. The molecule has 0 rings (SSSR count). The molecular formula is C59H115NO5. The molecular weight excluding hydrogens is 803 g/mol. The molecule has 6 nitrogen and oxygen atoms in total. The third-order valence-corrected chi connectivity index (χ3v) is 13.8. The second-order valence-corrected chi connectivity index (χ2v) is 20.4. The predicted octanol–water partition coefficient (Wildman–Crippen LogP) is 18.1. The Morgan fingerprint density at radius 2 is 0.738 bits per heavy atom. The van der Waals surface area contributed by atoms with Gasteiger partial charge in [0.1, 0.15) is 6.10 Å². The first-order chi connectivity index (χ1) is 32.0. The van der Waals surface area contributed by atoms with Crippen molar-refractivity contribution in [2.75, 3.05) is 6.61 Å². The Bertz CT molecular complexity index is 986. The van der Waals surface area contributed by atoms with Gasteiger partial charge < -0.3 is 20.3 Å². The fourth-order valence-corrected chi connectivity index (χ4v) is 9.37. The van der Waals surface area contributed by atoms with E-state index in [-0.39, 0.29) is 24.9 Å². The average Bonchev–Trinajstić information content (AvgIpc) is 3.30. The highest BCUT2D eigenvalue weighted by molar-refractivity contribution is 5.77. The first-order valence-corrected chi connectivity index (χ1v) is 29.4. The zero-order chi connectivity index (χ0) is 47.4. The summed E-state index contributed by atoms with van der Waals surface area (Å²) in [5.41, 5.74) is 0. The molecule has 0 aliphatic rings. The molecule has 0 heterocycles. The number of ether oxygens (including phenoxy) is 1. The number of nitrogens with one attached hydrogen (secondary N) is 1. The molecule has 0 aromatic carbocycles. The molecule has 1 amide bonds. The maximum Gasteiger partial charge on any atom is 0.306 e. The molecule has 0 saturated carbocycles. The Morgan fingerprint density at radius 1 is 0.431 bits per heavy atom. The van der Waals surface area contributed by atoms with Crippen molar-refractivity contribution in [2.24, 2.45) is 0 Å². The van der Waals surface area contributed by atoms with E-state index in [2.05, 4.69) is 38.2 Å². The van der Waals surface area contributed by atoms with Gasteiger partial charge in [0, 0.05) is 6.42 Å². The van der Waals surface area contributed by atoms with Gasteiger partial charge >= 0.3 is 5.97 Å². The molecule has 3 N–H and O–H groups in total. The minimum absolute atomic E-state index is 0.0840. The SMILES string of the molecule is CCCCCCCC/C=C/CCCCCCCCCC(=O)OC(CCCCCCCCCCCCCCCCCCC)CC(=O)NC(CO)C(O)CCCCCCCCCCCCCC. The van der Waals surface area contributed by atoms with E-state index in [1.54, 1.807) is 0 Å². The van der Waals surface area contributed by atoms with Gasteiger partial charge in [0.25, 0.3) is 0 Å². The zero-order valence-corrected chi connectivity index (χ0v) is 44.2. The van der Waals surface area contributed by atoms with E-state index in [1.807, 2.05) is 0 Å². The molecule has 0 aromatic heterocycles. The van der Waals surface area contributed by atoms with Gasteiger partial charge in [0.15, 0.2) is 0 Å². The Kier molecular flexibility index (Phi) is 52.4. The van der Waals surface area contributed by atoms with Gasteiger partial charge in [-0.05, 0) is 51.4 Å². The normalized spacial score (nSPS) is 13.1. The molecule has 3 unspecified atom stereocenters. The number of unbranched alkanes of at least 4 members (excludes halogenated alkanes) is 40. The van der Waals surface area contributed by atoms with Crippen LogP contribution in [0.2, 0.25) is 0 Å². The van der Waals surface area contributed by atoms with Crippen molar-refractivity contribution in [2.45, 2.75) is 347 Å². The monoisotopic (exact) mass is 918 g/mol. The molecule has 0 saturated heterocycles. The van der Waals surface area contributed by atoms with Crippen LogP contribution in [0.15, 0.2) is 12.2 Å². The Labute approximate surface area is 406 Å². The topological polar surface area (TPSA) is 95.9 Å². The van der Waals surface area contributed by atoms with Gasteiger partial charge in [-0.2, -0.15) is 0 Å². The minimum atomic E-state index is -0.783. The maximum atomic E-state index is 13.3. The van der Waals surface area contributed by atoms with Crippen molar-refractivity contribution in [3.8, 4) is 0 Å². The molecule has 0 radical (unpaired) electrons. The number of hydrogen-bond donors (Lipinski definition) is 3. The van der Waals surface area contributed by atoms with Gasteiger partial charge in [-0.15, -0.1) is 0 Å². The summed E-state index contributed by atoms with van der Waals surface area (Å²) >= 11 is 0. The molecule has 0 aliphatic carbocycles. The summed E-state index contributed by atoms with van der Waals surface area (Å²) in [4.78, 5) is 26.3. The highest BCUT2D eigenvalue weighted by atomic mass is 16.5. The standard InChI is InChI=1S/C59H115NO5/c1-4-7-10-13-16-19-22-25-27-29-31-33-35-38-41-44-47-50-55(65-59(64)52-49-46-43-40-37-34-32-30-28-26-23-20-17-14-11-8-5-2)53-58(63)60-56(54-61)57(62)51-48-45-42-39-36-24-21-18-15-12-9-6-3/h26,28,55-57,61-62H,4-25,27,29-54H2,1-3H3,(H,60,63)/b28-26+. The summed E-state index contributed by atoms with van der Waals surface area (Å²) in [6.07, 6.45) is 61.3. The summed E-state index contributed by atoms with van der Waals surface area (Å²) in [6, 6.07) is -0.696. The fourth-order valence-electron chi connectivity index (χ4n) is 9.37. The number of amides is 1. The van der Waals surface area contributed by atoms with Gasteiger partial charge in [0.2, 0.25) is 5.91 Å². The van der Waals surface area contributed by atoms with Gasteiger partial charge in [-0.25, -0.2) is 0 Å². The van der Waals surface area contributed by atoms with Crippen LogP contribution in [0, 0.1) is 0 Å². The molecule has 0 aliphatic heterocycles. The van der Waals surface area contributed by atoms with Crippen molar-refractivity contribution in [1.29, 1.82) is 0 Å². The molecule has 0 bridgehead atoms. The highest BCUT2D eigenvalue weighted by Crippen LogP contribution is 2.19. The lowest BCUT2D eigenvalue weighted by Crippen LogP contribution is -2.46.